The van der Waals surface area contributed by atoms with Crippen LogP contribution in [0.5, 0.6) is 0 Å². The maximum absolute atomic E-state index is 10.4. The maximum Gasteiger partial charge on any atom is 0.316 e. The molecule has 1 unspecified atom stereocenters. The zero-order valence-electron chi connectivity index (χ0n) is 8.20. The second-order valence-electron chi connectivity index (χ2n) is 3.60. The van der Waals surface area contributed by atoms with Crippen molar-refractivity contribution in [3.05, 3.63) is 0 Å². The molecule has 0 fully saturated rings. The molecular weight excluding hydrogens is 186 g/mol. The molecule has 3 nitrogen and oxygen atoms in total. The topological polar surface area (TPSA) is 61.1 Å². The number of hydrogen-bond donors (Lipinski definition) is 1. The highest BCUT2D eigenvalue weighted by Gasteiger charge is 2.18. The lowest BCUT2D eigenvalue weighted by molar-refractivity contribution is -0.136. The first-order valence-electron chi connectivity index (χ1n) is 4.15. The lowest BCUT2D eigenvalue weighted by atomic mass is 9.93. The minimum absolute atomic E-state index is 0.342. The van der Waals surface area contributed by atoms with Crippen LogP contribution in [-0.2, 0) is 4.79 Å². The van der Waals surface area contributed by atoms with Crippen molar-refractivity contribution in [3.63, 3.8) is 0 Å². The Morgan fingerprint density at radius 3 is 2.62 bits per heavy atom. The summed E-state index contributed by atoms with van der Waals surface area (Å²) < 4.78 is 0. The van der Waals surface area contributed by atoms with Crippen LogP contribution in [0.1, 0.15) is 27.2 Å². The van der Waals surface area contributed by atoms with Crippen LogP contribution >= 0.6 is 11.8 Å². The van der Waals surface area contributed by atoms with E-state index in [0.29, 0.717) is 5.75 Å². The van der Waals surface area contributed by atoms with E-state index in [-0.39, 0.29) is 10.7 Å². The molecule has 0 rings (SSSR count). The van der Waals surface area contributed by atoms with Gasteiger partial charge in [0.25, 0.3) is 0 Å². The first kappa shape index (κ1) is 12.3. The Morgan fingerprint density at radius 2 is 2.23 bits per heavy atom. The van der Waals surface area contributed by atoms with E-state index in [4.69, 9.17) is 10.4 Å². The van der Waals surface area contributed by atoms with Crippen molar-refractivity contribution in [1.82, 2.24) is 0 Å². The summed E-state index contributed by atoms with van der Waals surface area (Å²) in [4.78, 5) is 10.4. The highest BCUT2D eigenvalue weighted by Crippen LogP contribution is 2.23. The molecule has 0 saturated carbocycles. The van der Waals surface area contributed by atoms with Crippen molar-refractivity contribution in [3.8, 4) is 6.07 Å². The van der Waals surface area contributed by atoms with E-state index in [0.717, 1.165) is 6.42 Å². The van der Waals surface area contributed by atoms with Gasteiger partial charge in [0.15, 0.2) is 0 Å². The number of carboxylic acids is 1. The highest BCUT2D eigenvalue weighted by molar-refractivity contribution is 8.00. The summed E-state index contributed by atoms with van der Waals surface area (Å²) in [7, 11) is 0. The first-order chi connectivity index (χ1) is 5.89. The van der Waals surface area contributed by atoms with Crippen LogP contribution in [-0.4, -0.2) is 22.1 Å². The Morgan fingerprint density at radius 1 is 1.69 bits per heavy atom. The van der Waals surface area contributed by atoms with Crippen molar-refractivity contribution in [2.24, 2.45) is 5.41 Å². The lowest BCUT2D eigenvalue weighted by Gasteiger charge is -2.14. The molecule has 0 aromatic carbocycles. The van der Waals surface area contributed by atoms with Gasteiger partial charge in [-0.2, -0.15) is 5.26 Å². The molecule has 0 aliphatic heterocycles. The molecule has 0 heterocycles. The molecule has 0 bridgehead atoms. The molecule has 74 valence electrons. The van der Waals surface area contributed by atoms with Gasteiger partial charge in [-0.3, -0.25) is 4.79 Å². The SMILES string of the molecule is CC(SCCC(C)(C)C#N)C(=O)O. The number of nitrogens with zero attached hydrogens (tertiary/aromatic N) is 1. The summed E-state index contributed by atoms with van der Waals surface area (Å²) in [6, 6.07) is 2.18. The average Bonchev–Trinajstić information content (AvgIpc) is 2.04. The standard InChI is InChI=1S/C9H15NO2S/c1-7(8(11)12)13-5-4-9(2,3)6-10/h7H,4-5H2,1-3H3,(H,11,12). The third-order valence-corrected chi connectivity index (χ3v) is 2.89. The number of carboxylic acid groups (broad SMARTS) is 1. The number of aliphatic carboxylic acids is 1. The summed E-state index contributed by atoms with van der Waals surface area (Å²) in [5.41, 5.74) is -0.342. The minimum Gasteiger partial charge on any atom is -0.480 e. The molecule has 4 heteroatoms. The molecule has 0 aromatic heterocycles. The number of nitriles is 1. The fourth-order valence-corrected chi connectivity index (χ4v) is 1.74. The largest absolute Gasteiger partial charge is 0.480 e. The molecule has 0 amide bonds. The molecule has 0 spiro atoms. The predicted octanol–water partition coefficient (Wildman–Crippen LogP) is 2.13. The Bertz CT molecular complexity index is 220. The smallest absolute Gasteiger partial charge is 0.316 e. The van der Waals surface area contributed by atoms with Crippen molar-refractivity contribution in [1.29, 1.82) is 5.26 Å². The van der Waals surface area contributed by atoms with Crippen molar-refractivity contribution in [2.45, 2.75) is 32.4 Å². The van der Waals surface area contributed by atoms with Crippen LogP contribution in [0.4, 0.5) is 0 Å². The second kappa shape index (κ2) is 5.13. The normalized spacial score (nSPS) is 13.4. The van der Waals surface area contributed by atoms with E-state index in [1.165, 1.54) is 11.8 Å². The van der Waals surface area contributed by atoms with Crippen molar-refractivity contribution >= 4 is 17.7 Å². The number of thioether (sulfide) groups is 1. The van der Waals surface area contributed by atoms with Crippen LogP contribution in [0.25, 0.3) is 0 Å². The quantitative estimate of drug-likeness (QED) is 0.740. The van der Waals surface area contributed by atoms with Crippen LogP contribution in [0, 0.1) is 16.7 Å². The van der Waals surface area contributed by atoms with E-state index in [1.807, 2.05) is 13.8 Å². The molecule has 0 saturated heterocycles. The summed E-state index contributed by atoms with van der Waals surface area (Å²) in [6.45, 7) is 5.38. The van der Waals surface area contributed by atoms with E-state index in [2.05, 4.69) is 6.07 Å². The van der Waals surface area contributed by atoms with E-state index in [9.17, 15) is 4.79 Å². The highest BCUT2D eigenvalue weighted by atomic mass is 32.2. The van der Waals surface area contributed by atoms with Crippen molar-refractivity contribution in [2.75, 3.05) is 5.75 Å². The van der Waals surface area contributed by atoms with Crippen LogP contribution in [0.15, 0.2) is 0 Å². The van der Waals surface area contributed by atoms with Gasteiger partial charge < -0.3 is 5.11 Å². The summed E-state index contributed by atoms with van der Waals surface area (Å²) >= 11 is 1.38. The maximum atomic E-state index is 10.4. The van der Waals surface area contributed by atoms with E-state index in [1.54, 1.807) is 6.92 Å². The molecule has 1 N–H and O–H groups in total. The Hall–Kier alpha value is -0.690. The van der Waals surface area contributed by atoms with Gasteiger partial charge in [-0.1, -0.05) is 0 Å². The molecule has 13 heavy (non-hydrogen) atoms. The summed E-state index contributed by atoms with van der Waals surface area (Å²) in [6.07, 6.45) is 0.728. The molecular formula is C9H15NO2S. The first-order valence-corrected chi connectivity index (χ1v) is 5.19. The Kier molecular flexibility index (Phi) is 4.86. The minimum atomic E-state index is -0.792. The average molecular weight is 201 g/mol. The van der Waals surface area contributed by atoms with Gasteiger partial charge in [0.1, 0.15) is 0 Å². The molecule has 0 aliphatic carbocycles. The van der Waals surface area contributed by atoms with E-state index >= 15 is 0 Å². The van der Waals surface area contributed by atoms with Gasteiger partial charge >= 0.3 is 5.97 Å². The summed E-state index contributed by atoms with van der Waals surface area (Å²) in [5.74, 6) is -0.0756. The van der Waals surface area contributed by atoms with Crippen LogP contribution in [0.2, 0.25) is 0 Å². The fraction of sp³-hybridized carbons (Fsp3) is 0.778. The number of rotatable bonds is 5. The van der Waals surface area contributed by atoms with Crippen LogP contribution < -0.4 is 0 Å². The molecule has 0 aliphatic rings. The van der Waals surface area contributed by atoms with Gasteiger partial charge in [-0.05, 0) is 32.9 Å². The Labute approximate surface area is 83.1 Å². The molecule has 0 radical (unpaired) electrons. The van der Waals surface area contributed by atoms with Gasteiger partial charge in [0.2, 0.25) is 0 Å². The van der Waals surface area contributed by atoms with Gasteiger partial charge in [-0.25, -0.2) is 0 Å². The van der Waals surface area contributed by atoms with Crippen molar-refractivity contribution < 1.29 is 9.90 Å². The van der Waals surface area contributed by atoms with Crippen LogP contribution in [0.3, 0.4) is 0 Å². The molecule has 1 atom stereocenters. The van der Waals surface area contributed by atoms with Gasteiger partial charge in [0, 0.05) is 0 Å². The zero-order valence-corrected chi connectivity index (χ0v) is 9.02. The van der Waals surface area contributed by atoms with Gasteiger partial charge in [0.05, 0.1) is 16.7 Å². The second-order valence-corrected chi connectivity index (χ2v) is 5.05. The number of carbonyl (C=O) groups is 1. The molecule has 0 aromatic rings. The Balaban J connectivity index is 3.70. The predicted molar refractivity (Wildman–Crippen MR) is 53.6 cm³/mol. The third-order valence-electron chi connectivity index (χ3n) is 1.75. The third kappa shape index (κ3) is 5.53. The van der Waals surface area contributed by atoms with Gasteiger partial charge in [-0.15, -0.1) is 11.8 Å². The monoisotopic (exact) mass is 201 g/mol. The summed E-state index contributed by atoms with van der Waals surface area (Å²) in [5, 5.41) is 16.9. The lowest BCUT2D eigenvalue weighted by Crippen LogP contribution is -2.15. The zero-order chi connectivity index (χ0) is 10.5. The fourth-order valence-electron chi connectivity index (χ4n) is 0.618. The van der Waals surface area contributed by atoms with E-state index < -0.39 is 5.97 Å². The number of hydrogen-bond acceptors (Lipinski definition) is 3.